The number of nitrogens with two attached hydrogens (primary N) is 3. The van der Waals surface area contributed by atoms with Crippen molar-refractivity contribution in [3.05, 3.63) is 35.9 Å². The van der Waals surface area contributed by atoms with Crippen LogP contribution in [-0.4, -0.2) is 47.8 Å². The predicted molar refractivity (Wildman–Crippen MR) is 138 cm³/mol. The van der Waals surface area contributed by atoms with E-state index in [0.29, 0.717) is 43.7 Å². The topological polar surface area (TPSA) is 115 Å². The van der Waals surface area contributed by atoms with E-state index in [2.05, 4.69) is 42.2 Å². The Morgan fingerprint density at radius 1 is 0.941 bits per heavy atom. The third-order valence-corrected chi connectivity index (χ3v) is 8.18. The molecule has 0 heterocycles. The van der Waals surface area contributed by atoms with Gasteiger partial charge in [0, 0.05) is 24.9 Å². The number of ketones is 1. The van der Waals surface area contributed by atoms with Crippen molar-refractivity contribution in [3.63, 3.8) is 0 Å². The minimum absolute atomic E-state index is 0.0963. The zero-order valence-electron chi connectivity index (χ0n) is 21.0. The molecule has 2 fully saturated rings. The summed E-state index contributed by atoms with van der Waals surface area (Å²) in [6.45, 7) is 3.44. The number of hydrogen-bond donors (Lipinski definition) is 3. The van der Waals surface area contributed by atoms with Crippen LogP contribution in [0.3, 0.4) is 0 Å². The highest BCUT2D eigenvalue weighted by Gasteiger charge is 2.51. The van der Waals surface area contributed by atoms with Crippen LogP contribution in [0.25, 0.3) is 0 Å². The van der Waals surface area contributed by atoms with Crippen LogP contribution in [0.4, 0.5) is 0 Å². The molecule has 1 aromatic rings. The zero-order valence-corrected chi connectivity index (χ0v) is 21.0. The summed E-state index contributed by atoms with van der Waals surface area (Å²) in [4.78, 5) is 27.7. The Labute approximate surface area is 206 Å². The van der Waals surface area contributed by atoms with E-state index in [9.17, 15) is 9.59 Å². The molecule has 3 rings (SSSR count). The molecule has 2 saturated carbocycles. The lowest BCUT2D eigenvalue weighted by Gasteiger charge is -2.40. The van der Waals surface area contributed by atoms with Crippen LogP contribution in [0, 0.1) is 11.8 Å². The molecule has 0 radical (unpaired) electrons. The number of carbonyl (C=O) groups excluding carboxylic acids is 2. The number of benzene rings is 1. The summed E-state index contributed by atoms with van der Waals surface area (Å²) in [7, 11) is 0. The average Bonchev–Trinajstić information content (AvgIpc) is 3.47. The van der Waals surface area contributed by atoms with E-state index >= 15 is 0 Å². The lowest BCUT2D eigenvalue weighted by atomic mass is 9.78. The van der Waals surface area contributed by atoms with Gasteiger partial charge in [0.2, 0.25) is 5.91 Å². The van der Waals surface area contributed by atoms with Crippen LogP contribution in [0.2, 0.25) is 0 Å². The van der Waals surface area contributed by atoms with Gasteiger partial charge in [0.1, 0.15) is 5.78 Å². The Morgan fingerprint density at radius 3 is 2.32 bits per heavy atom. The average molecular weight is 471 g/mol. The van der Waals surface area contributed by atoms with Gasteiger partial charge in [-0.25, -0.2) is 0 Å². The molecule has 0 spiro atoms. The van der Waals surface area contributed by atoms with Gasteiger partial charge in [-0.05, 0) is 75.8 Å². The van der Waals surface area contributed by atoms with E-state index in [1.54, 1.807) is 0 Å². The summed E-state index contributed by atoms with van der Waals surface area (Å²) >= 11 is 0. The minimum atomic E-state index is -0.468. The number of Topliss-reactive ketones (excluding diaryl/α,β-unsaturated/α-hetero) is 1. The number of nitrogens with zero attached hydrogens (tertiary/aromatic N) is 1. The molecule has 2 aliphatic carbocycles. The molecule has 190 valence electrons. The number of rotatable bonds is 15. The molecule has 0 saturated heterocycles. The summed E-state index contributed by atoms with van der Waals surface area (Å²) in [5, 5.41) is 0. The first-order valence-corrected chi connectivity index (χ1v) is 13.6. The second-order valence-corrected chi connectivity index (χ2v) is 10.4. The van der Waals surface area contributed by atoms with E-state index in [-0.39, 0.29) is 23.8 Å². The van der Waals surface area contributed by atoms with Gasteiger partial charge in [-0.1, -0.05) is 49.6 Å². The maximum absolute atomic E-state index is 13.4. The molecule has 6 heteroatoms. The highest BCUT2D eigenvalue weighted by molar-refractivity contribution is 5.83. The fourth-order valence-corrected chi connectivity index (χ4v) is 6.40. The molecule has 4 unspecified atom stereocenters. The Balaban J connectivity index is 1.46. The van der Waals surface area contributed by atoms with E-state index in [4.69, 9.17) is 17.2 Å². The summed E-state index contributed by atoms with van der Waals surface area (Å²) in [6, 6.07) is 10.2. The van der Waals surface area contributed by atoms with Gasteiger partial charge < -0.3 is 22.1 Å². The quantitative estimate of drug-likeness (QED) is 0.338. The van der Waals surface area contributed by atoms with Crippen molar-refractivity contribution < 1.29 is 9.59 Å². The van der Waals surface area contributed by atoms with Crippen molar-refractivity contribution in [1.29, 1.82) is 0 Å². The summed E-state index contributed by atoms with van der Waals surface area (Å²) in [6.07, 6.45) is 10.0. The lowest BCUT2D eigenvalue weighted by Crippen LogP contribution is -2.52. The van der Waals surface area contributed by atoms with Crippen LogP contribution in [-0.2, 0) is 9.59 Å². The molecule has 6 nitrogen and oxygen atoms in total. The fourth-order valence-electron chi connectivity index (χ4n) is 6.40. The minimum Gasteiger partial charge on any atom is -0.338 e. The van der Waals surface area contributed by atoms with Gasteiger partial charge in [-0.3, -0.25) is 9.59 Å². The van der Waals surface area contributed by atoms with E-state index in [1.165, 1.54) is 24.8 Å². The fraction of sp³-hybridized carbons (Fsp3) is 0.714. The molecule has 2 aliphatic rings. The summed E-state index contributed by atoms with van der Waals surface area (Å²) in [5.41, 5.74) is 19.3. The Hall–Kier alpha value is -1.76. The van der Waals surface area contributed by atoms with Crippen LogP contribution in [0.1, 0.15) is 89.0 Å². The summed E-state index contributed by atoms with van der Waals surface area (Å²) < 4.78 is 0. The first-order chi connectivity index (χ1) is 16.5. The number of amides is 1. The van der Waals surface area contributed by atoms with Gasteiger partial charge in [-0.15, -0.1) is 0 Å². The number of unbranched alkanes of at least 4 members (excludes halogenated alkanes) is 3. The third kappa shape index (κ3) is 6.67. The van der Waals surface area contributed by atoms with Gasteiger partial charge in [0.05, 0.1) is 12.1 Å². The molecular weight excluding hydrogens is 424 g/mol. The van der Waals surface area contributed by atoms with E-state index in [1.807, 2.05) is 0 Å². The molecule has 1 amide bonds. The van der Waals surface area contributed by atoms with Crippen molar-refractivity contribution >= 4 is 11.7 Å². The highest BCUT2D eigenvalue weighted by atomic mass is 16.2. The molecule has 0 aliphatic heterocycles. The molecule has 6 atom stereocenters. The normalized spacial score (nSPS) is 25.3. The van der Waals surface area contributed by atoms with E-state index in [0.717, 1.165) is 38.5 Å². The van der Waals surface area contributed by atoms with Gasteiger partial charge in [0.25, 0.3) is 0 Å². The van der Waals surface area contributed by atoms with Crippen LogP contribution in [0.5, 0.6) is 0 Å². The van der Waals surface area contributed by atoms with Crippen molar-refractivity contribution in [3.8, 4) is 0 Å². The number of hydrogen-bond acceptors (Lipinski definition) is 5. The van der Waals surface area contributed by atoms with Gasteiger partial charge in [0.15, 0.2) is 0 Å². The molecule has 34 heavy (non-hydrogen) atoms. The maximum atomic E-state index is 13.4. The standard InChI is InChI=1S/C28H46N4O2/c1-2-32(27-22-17-16-21(19-22)26(27)20-11-5-3-6-12-20)28(34)24(31)14-7-4-8-15-25(33)23(30)13-9-10-18-29/h3,5-6,11-12,21-24,26-27H,2,4,7-10,13-19,29-31H2,1H3/t21?,22?,23-,24-,26?,27?/m0/s1. The predicted octanol–water partition coefficient (Wildman–Crippen LogP) is 3.72. The van der Waals surface area contributed by atoms with Crippen LogP contribution >= 0.6 is 0 Å². The maximum Gasteiger partial charge on any atom is 0.239 e. The second-order valence-electron chi connectivity index (χ2n) is 10.4. The van der Waals surface area contributed by atoms with E-state index < -0.39 is 6.04 Å². The molecule has 6 N–H and O–H groups in total. The monoisotopic (exact) mass is 470 g/mol. The Morgan fingerprint density at radius 2 is 1.62 bits per heavy atom. The lowest BCUT2D eigenvalue weighted by molar-refractivity contribution is -0.136. The zero-order chi connectivity index (χ0) is 24.5. The SMILES string of the molecule is CCN(C(=O)[C@@H](N)CCCCCC(=O)[C@@H](N)CCCCN)C1C2CCC(C2)C1c1ccccc1. The van der Waals surface area contributed by atoms with Crippen LogP contribution < -0.4 is 17.2 Å². The summed E-state index contributed by atoms with van der Waals surface area (Å²) in [5.74, 6) is 1.92. The Bertz CT molecular complexity index is 771. The second kappa shape index (κ2) is 13.4. The number of likely N-dealkylation sites (N-methyl/N-ethyl adjacent to an activating group) is 1. The largest absolute Gasteiger partial charge is 0.338 e. The van der Waals surface area contributed by atoms with Crippen molar-refractivity contribution in [2.45, 2.75) is 102 Å². The van der Waals surface area contributed by atoms with Crippen molar-refractivity contribution in [1.82, 2.24) is 4.90 Å². The number of fused-ring (bicyclic) bond motifs is 2. The third-order valence-electron chi connectivity index (χ3n) is 8.18. The van der Waals surface area contributed by atoms with Crippen molar-refractivity contribution in [2.75, 3.05) is 13.1 Å². The first kappa shape index (κ1) is 26.8. The van der Waals surface area contributed by atoms with Gasteiger partial charge >= 0.3 is 0 Å². The Kier molecular flexibility index (Phi) is 10.5. The molecule has 1 aromatic carbocycles. The molecule has 2 bridgehead atoms. The highest BCUT2D eigenvalue weighted by Crippen LogP contribution is 2.54. The number of carbonyl (C=O) groups is 2. The van der Waals surface area contributed by atoms with Gasteiger partial charge in [-0.2, -0.15) is 0 Å². The smallest absolute Gasteiger partial charge is 0.239 e. The molecule has 0 aromatic heterocycles. The first-order valence-electron chi connectivity index (χ1n) is 13.6. The van der Waals surface area contributed by atoms with Crippen LogP contribution in [0.15, 0.2) is 30.3 Å². The molecular formula is C28H46N4O2. The van der Waals surface area contributed by atoms with Crippen molar-refractivity contribution in [2.24, 2.45) is 29.0 Å².